The van der Waals surface area contributed by atoms with E-state index in [4.69, 9.17) is 4.74 Å². The molecule has 0 aromatic carbocycles. The van der Waals surface area contributed by atoms with E-state index >= 15 is 0 Å². The Labute approximate surface area is 109 Å². The molecule has 0 unspecified atom stereocenters. The highest BCUT2D eigenvalue weighted by Crippen LogP contribution is 2.19. The number of hydrogen-bond donors (Lipinski definition) is 1. The molecule has 1 aliphatic rings. The van der Waals surface area contributed by atoms with Gasteiger partial charge in [-0.2, -0.15) is 4.31 Å². The topological polar surface area (TPSA) is 75.7 Å². The molecule has 1 atom stereocenters. The van der Waals surface area contributed by atoms with Crippen LogP contribution in [0.3, 0.4) is 0 Å². The summed E-state index contributed by atoms with van der Waals surface area (Å²) in [7, 11) is -1.70. The Morgan fingerprint density at radius 2 is 2.17 bits per heavy atom. The van der Waals surface area contributed by atoms with Crippen molar-refractivity contribution < 1.29 is 17.9 Å². The summed E-state index contributed by atoms with van der Waals surface area (Å²) < 4.78 is 29.4. The minimum atomic E-state index is -3.31. The van der Waals surface area contributed by atoms with Crippen molar-refractivity contribution in [3.8, 4) is 0 Å². The fraction of sp³-hybridized carbons (Fsp3) is 0.909. The smallest absolute Gasteiger partial charge is 0.238 e. The first kappa shape index (κ1) is 15.4. The Morgan fingerprint density at radius 1 is 1.44 bits per heavy atom. The number of carbonyl (C=O) groups excluding carboxylic acids is 1. The lowest BCUT2D eigenvalue weighted by atomic mass is 10.0. The number of rotatable bonds is 6. The van der Waals surface area contributed by atoms with E-state index in [1.165, 1.54) is 4.31 Å². The Balaban J connectivity index is 2.53. The highest BCUT2D eigenvalue weighted by atomic mass is 32.2. The van der Waals surface area contributed by atoms with Crippen molar-refractivity contribution in [3.05, 3.63) is 0 Å². The zero-order valence-corrected chi connectivity index (χ0v) is 11.8. The van der Waals surface area contributed by atoms with E-state index in [9.17, 15) is 13.2 Å². The van der Waals surface area contributed by atoms with Gasteiger partial charge in [-0.3, -0.25) is 4.79 Å². The summed E-state index contributed by atoms with van der Waals surface area (Å²) >= 11 is 0. The van der Waals surface area contributed by atoms with Gasteiger partial charge in [0.05, 0.1) is 6.26 Å². The first-order chi connectivity index (χ1) is 8.46. The molecule has 7 heteroatoms. The van der Waals surface area contributed by atoms with Crippen molar-refractivity contribution in [2.75, 3.05) is 33.1 Å². The van der Waals surface area contributed by atoms with Crippen molar-refractivity contribution in [2.24, 2.45) is 0 Å². The molecule has 0 aliphatic carbocycles. The maximum absolute atomic E-state index is 12.0. The van der Waals surface area contributed by atoms with E-state index in [1.54, 1.807) is 7.11 Å². The molecule has 6 nitrogen and oxygen atoms in total. The molecule has 1 rings (SSSR count). The maximum atomic E-state index is 12.0. The van der Waals surface area contributed by atoms with E-state index in [0.717, 1.165) is 25.5 Å². The lowest BCUT2D eigenvalue weighted by Crippen LogP contribution is -2.51. The van der Waals surface area contributed by atoms with Crippen molar-refractivity contribution in [1.82, 2.24) is 9.62 Å². The van der Waals surface area contributed by atoms with E-state index in [2.05, 4.69) is 5.32 Å². The summed E-state index contributed by atoms with van der Waals surface area (Å²) in [6.45, 7) is 1.54. The summed E-state index contributed by atoms with van der Waals surface area (Å²) in [6.07, 6.45) is 4.20. The molecule has 0 saturated carbocycles. The zero-order valence-electron chi connectivity index (χ0n) is 11.0. The number of ether oxygens (including phenoxy) is 1. The second kappa shape index (κ2) is 7.06. The van der Waals surface area contributed by atoms with Gasteiger partial charge in [0.1, 0.15) is 6.04 Å². The zero-order chi connectivity index (χ0) is 13.6. The van der Waals surface area contributed by atoms with E-state index in [1.807, 2.05) is 0 Å². The van der Waals surface area contributed by atoms with Crippen LogP contribution in [0.4, 0.5) is 0 Å². The number of piperidine rings is 1. The molecule has 1 heterocycles. The lowest BCUT2D eigenvalue weighted by Gasteiger charge is -2.32. The van der Waals surface area contributed by atoms with Gasteiger partial charge in [-0.25, -0.2) is 8.42 Å². The van der Waals surface area contributed by atoms with E-state index in [-0.39, 0.29) is 5.91 Å². The van der Waals surface area contributed by atoms with E-state index in [0.29, 0.717) is 26.1 Å². The molecule has 1 saturated heterocycles. The number of hydrogen-bond acceptors (Lipinski definition) is 4. The normalized spacial score (nSPS) is 21.8. The van der Waals surface area contributed by atoms with Crippen molar-refractivity contribution in [2.45, 2.75) is 31.7 Å². The number of nitrogens with zero attached hydrogens (tertiary/aromatic N) is 1. The Kier molecular flexibility index (Phi) is 6.04. The first-order valence-corrected chi connectivity index (χ1v) is 8.05. The van der Waals surface area contributed by atoms with Gasteiger partial charge in [-0.15, -0.1) is 0 Å². The summed E-state index contributed by atoms with van der Waals surface area (Å²) in [6, 6.07) is -0.545. The third-order valence-electron chi connectivity index (χ3n) is 3.01. The van der Waals surface area contributed by atoms with Crippen LogP contribution in [0.2, 0.25) is 0 Å². The van der Waals surface area contributed by atoms with Crippen molar-refractivity contribution in [3.63, 3.8) is 0 Å². The molecular formula is C11H22N2O4S. The molecule has 106 valence electrons. The third-order valence-corrected chi connectivity index (χ3v) is 4.30. The second-order valence-corrected chi connectivity index (χ2v) is 6.46. The number of methoxy groups -OCH3 is 1. The van der Waals surface area contributed by atoms with E-state index < -0.39 is 16.1 Å². The van der Waals surface area contributed by atoms with Gasteiger partial charge in [0.15, 0.2) is 0 Å². The fourth-order valence-corrected chi connectivity index (χ4v) is 3.23. The number of amides is 1. The van der Waals surface area contributed by atoms with Crippen LogP contribution in [0.1, 0.15) is 25.7 Å². The van der Waals surface area contributed by atoms with Gasteiger partial charge < -0.3 is 10.1 Å². The Hall–Kier alpha value is -0.660. The number of carbonyl (C=O) groups is 1. The molecule has 1 aliphatic heterocycles. The molecule has 1 amide bonds. The largest absolute Gasteiger partial charge is 0.385 e. The number of nitrogens with one attached hydrogen (secondary N) is 1. The molecule has 1 fully saturated rings. The summed E-state index contributed by atoms with van der Waals surface area (Å²) in [5, 5.41) is 2.76. The Bertz CT molecular complexity index is 369. The first-order valence-electron chi connectivity index (χ1n) is 6.20. The minimum absolute atomic E-state index is 0.198. The molecule has 0 radical (unpaired) electrons. The van der Waals surface area contributed by atoms with Gasteiger partial charge in [0.2, 0.25) is 15.9 Å². The van der Waals surface area contributed by atoms with Gasteiger partial charge in [0.25, 0.3) is 0 Å². The van der Waals surface area contributed by atoms with Crippen molar-refractivity contribution >= 4 is 15.9 Å². The Morgan fingerprint density at radius 3 is 2.78 bits per heavy atom. The van der Waals surface area contributed by atoms with Crippen LogP contribution in [0.15, 0.2) is 0 Å². The van der Waals surface area contributed by atoms with Crippen LogP contribution in [-0.2, 0) is 19.6 Å². The summed E-state index contributed by atoms with van der Waals surface area (Å²) in [5.74, 6) is -0.198. The van der Waals surface area contributed by atoms with Gasteiger partial charge in [0, 0.05) is 26.8 Å². The predicted octanol–water partition coefficient (Wildman–Crippen LogP) is -0.0468. The molecule has 0 aromatic rings. The van der Waals surface area contributed by atoms with Crippen LogP contribution in [0, 0.1) is 0 Å². The van der Waals surface area contributed by atoms with Crippen LogP contribution in [0.25, 0.3) is 0 Å². The standard InChI is InChI=1S/C11H22N2O4S/c1-17-9-5-7-12-11(14)10-6-3-4-8-13(10)18(2,15)16/h10H,3-9H2,1-2H3,(H,12,14)/t10-/m1/s1. The fourth-order valence-electron chi connectivity index (χ4n) is 2.11. The molecule has 0 bridgehead atoms. The van der Waals surface area contributed by atoms with Crippen LogP contribution >= 0.6 is 0 Å². The highest BCUT2D eigenvalue weighted by molar-refractivity contribution is 7.88. The van der Waals surface area contributed by atoms with Crippen LogP contribution < -0.4 is 5.32 Å². The van der Waals surface area contributed by atoms with Crippen LogP contribution in [0.5, 0.6) is 0 Å². The minimum Gasteiger partial charge on any atom is -0.385 e. The highest BCUT2D eigenvalue weighted by Gasteiger charge is 2.33. The lowest BCUT2D eigenvalue weighted by molar-refractivity contribution is -0.125. The monoisotopic (exact) mass is 278 g/mol. The third kappa shape index (κ3) is 4.55. The quantitative estimate of drug-likeness (QED) is 0.691. The van der Waals surface area contributed by atoms with Gasteiger partial charge in [-0.1, -0.05) is 6.42 Å². The maximum Gasteiger partial charge on any atom is 0.238 e. The molecule has 1 N–H and O–H groups in total. The molecule has 0 spiro atoms. The van der Waals surface area contributed by atoms with Crippen LogP contribution in [-0.4, -0.2) is 57.7 Å². The second-order valence-electron chi connectivity index (χ2n) is 4.52. The molecular weight excluding hydrogens is 256 g/mol. The summed E-state index contributed by atoms with van der Waals surface area (Å²) in [4.78, 5) is 12.0. The molecule has 0 aromatic heterocycles. The van der Waals surface area contributed by atoms with Gasteiger partial charge in [-0.05, 0) is 19.3 Å². The SMILES string of the molecule is COCCCNC(=O)[C@H]1CCCCN1S(C)(=O)=O. The summed E-state index contributed by atoms with van der Waals surface area (Å²) in [5.41, 5.74) is 0. The average molecular weight is 278 g/mol. The number of sulfonamides is 1. The van der Waals surface area contributed by atoms with Crippen molar-refractivity contribution in [1.29, 1.82) is 0 Å². The average Bonchev–Trinajstić information content (AvgIpc) is 2.33. The van der Waals surface area contributed by atoms with Gasteiger partial charge >= 0.3 is 0 Å². The predicted molar refractivity (Wildman–Crippen MR) is 68.7 cm³/mol. The molecule has 18 heavy (non-hydrogen) atoms.